The molecule has 0 amide bonds. The number of nitrogens with one attached hydrogen (secondary N) is 1. The molecule has 1 heterocycles. The average Bonchev–Trinajstić information content (AvgIpc) is 2.56. The Hall–Kier alpha value is -1.09. The van der Waals surface area contributed by atoms with Crippen LogP contribution in [0.5, 0.6) is 5.88 Å². The molecule has 0 aliphatic heterocycles. The van der Waals surface area contributed by atoms with E-state index in [2.05, 4.69) is 30.2 Å². The van der Waals surface area contributed by atoms with Gasteiger partial charge in [0, 0.05) is 17.8 Å². The Morgan fingerprint density at radius 2 is 2.14 bits per heavy atom. The van der Waals surface area contributed by atoms with Crippen LogP contribution in [0.25, 0.3) is 0 Å². The third-order valence-corrected chi connectivity index (χ3v) is 4.86. The highest BCUT2D eigenvalue weighted by molar-refractivity contribution is 5.29. The van der Waals surface area contributed by atoms with E-state index in [-0.39, 0.29) is 0 Å². The number of pyridine rings is 1. The first kappa shape index (κ1) is 16.3. The Morgan fingerprint density at radius 1 is 1.33 bits per heavy atom. The number of methoxy groups -OCH3 is 1. The van der Waals surface area contributed by atoms with Crippen molar-refractivity contribution >= 4 is 0 Å². The van der Waals surface area contributed by atoms with Gasteiger partial charge in [-0.2, -0.15) is 0 Å². The predicted octanol–water partition coefficient (Wildman–Crippen LogP) is 4.35. The molecule has 1 N–H and O–H groups in total. The van der Waals surface area contributed by atoms with E-state index in [4.69, 9.17) is 4.74 Å². The van der Waals surface area contributed by atoms with Gasteiger partial charge in [0.1, 0.15) is 0 Å². The first-order valence-electron chi connectivity index (χ1n) is 8.54. The molecule has 3 heteroatoms. The van der Waals surface area contributed by atoms with Crippen LogP contribution in [0.1, 0.15) is 64.0 Å². The molecule has 0 radical (unpaired) electrons. The fourth-order valence-corrected chi connectivity index (χ4v) is 3.78. The Labute approximate surface area is 129 Å². The molecule has 0 aromatic carbocycles. The Kier molecular flexibility index (Phi) is 6.50. The van der Waals surface area contributed by atoms with Gasteiger partial charge in [0.05, 0.1) is 7.11 Å². The van der Waals surface area contributed by atoms with Gasteiger partial charge in [0.2, 0.25) is 5.88 Å². The van der Waals surface area contributed by atoms with E-state index in [9.17, 15) is 0 Å². The molecule has 0 bridgehead atoms. The van der Waals surface area contributed by atoms with E-state index in [1.165, 1.54) is 37.7 Å². The van der Waals surface area contributed by atoms with Gasteiger partial charge >= 0.3 is 0 Å². The monoisotopic (exact) mass is 290 g/mol. The second-order valence-electron chi connectivity index (χ2n) is 6.15. The summed E-state index contributed by atoms with van der Waals surface area (Å²) >= 11 is 0. The molecule has 0 spiro atoms. The minimum Gasteiger partial charge on any atom is -0.481 e. The first-order valence-corrected chi connectivity index (χ1v) is 8.54. The normalized spacial score (nSPS) is 23.8. The minimum absolute atomic E-state index is 0.374. The van der Waals surface area contributed by atoms with Gasteiger partial charge in [-0.05, 0) is 37.3 Å². The van der Waals surface area contributed by atoms with Crippen LogP contribution in [0.2, 0.25) is 0 Å². The molecule has 3 nitrogen and oxygen atoms in total. The lowest BCUT2D eigenvalue weighted by Gasteiger charge is -2.38. The fraction of sp³-hybridized carbons (Fsp3) is 0.722. The van der Waals surface area contributed by atoms with E-state index in [0.29, 0.717) is 12.0 Å². The summed E-state index contributed by atoms with van der Waals surface area (Å²) in [6.07, 6.45) is 9.68. The van der Waals surface area contributed by atoms with Crippen LogP contribution in [-0.2, 0) is 0 Å². The second-order valence-corrected chi connectivity index (χ2v) is 6.15. The fourth-order valence-electron chi connectivity index (χ4n) is 3.78. The third-order valence-electron chi connectivity index (χ3n) is 4.86. The number of ether oxygens (including phenoxy) is 1. The van der Waals surface area contributed by atoms with Gasteiger partial charge in [-0.25, -0.2) is 4.98 Å². The quantitative estimate of drug-likeness (QED) is 0.810. The summed E-state index contributed by atoms with van der Waals surface area (Å²) in [6.45, 7) is 5.61. The molecule has 3 atom stereocenters. The molecular formula is C18H30N2O. The van der Waals surface area contributed by atoms with Crippen LogP contribution in [0.3, 0.4) is 0 Å². The van der Waals surface area contributed by atoms with Crippen molar-refractivity contribution in [2.45, 2.75) is 58.4 Å². The number of aromatic nitrogens is 1. The summed E-state index contributed by atoms with van der Waals surface area (Å²) in [6, 6.07) is 4.58. The summed E-state index contributed by atoms with van der Waals surface area (Å²) in [5, 5.41) is 3.77. The highest BCUT2D eigenvalue weighted by Gasteiger charge is 2.33. The molecule has 1 aliphatic rings. The van der Waals surface area contributed by atoms with Crippen molar-refractivity contribution in [1.29, 1.82) is 0 Å². The van der Waals surface area contributed by atoms with E-state index in [1.807, 2.05) is 12.3 Å². The topological polar surface area (TPSA) is 34.2 Å². The van der Waals surface area contributed by atoms with Crippen molar-refractivity contribution < 1.29 is 4.74 Å². The molecule has 118 valence electrons. The van der Waals surface area contributed by atoms with E-state index in [0.717, 1.165) is 24.8 Å². The Morgan fingerprint density at radius 3 is 2.86 bits per heavy atom. The van der Waals surface area contributed by atoms with Crippen molar-refractivity contribution in [2.24, 2.45) is 11.8 Å². The third kappa shape index (κ3) is 3.97. The van der Waals surface area contributed by atoms with E-state index >= 15 is 0 Å². The molecule has 1 fully saturated rings. The summed E-state index contributed by atoms with van der Waals surface area (Å²) in [5.74, 6) is 2.30. The zero-order valence-corrected chi connectivity index (χ0v) is 13.8. The summed E-state index contributed by atoms with van der Waals surface area (Å²) in [4.78, 5) is 4.41. The van der Waals surface area contributed by atoms with E-state index < -0.39 is 0 Å². The van der Waals surface area contributed by atoms with Crippen LogP contribution in [0.15, 0.2) is 18.3 Å². The first-order chi connectivity index (χ1) is 10.3. The number of hydrogen-bond donors (Lipinski definition) is 1. The maximum atomic E-state index is 5.51. The lowest BCUT2D eigenvalue weighted by atomic mass is 9.72. The maximum absolute atomic E-state index is 5.51. The predicted molar refractivity (Wildman–Crippen MR) is 87.6 cm³/mol. The lowest BCUT2D eigenvalue weighted by molar-refractivity contribution is 0.173. The smallest absolute Gasteiger partial charge is 0.217 e. The van der Waals surface area contributed by atoms with Gasteiger partial charge in [-0.1, -0.05) is 45.6 Å². The minimum atomic E-state index is 0.374. The van der Waals surface area contributed by atoms with Crippen molar-refractivity contribution in [3.63, 3.8) is 0 Å². The lowest BCUT2D eigenvalue weighted by Crippen LogP contribution is -2.35. The molecular weight excluding hydrogens is 260 g/mol. The van der Waals surface area contributed by atoms with Gasteiger partial charge < -0.3 is 10.1 Å². The SMILES string of the molecule is CCCNC(c1cccnc1OC)C1CCCCC1CC. The molecule has 0 saturated heterocycles. The maximum Gasteiger partial charge on any atom is 0.217 e. The van der Waals surface area contributed by atoms with Crippen LogP contribution in [0, 0.1) is 11.8 Å². The summed E-state index contributed by atoms with van der Waals surface area (Å²) in [5.41, 5.74) is 1.24. The summed E-state index contributed by atoms with van der Waals surface area (Å²) < 4.78 is 5.51. The van der Waals surface area contributed by atoms with Crippen LogP contribution in [0.4, 0.5) is 0 Å². The number of hydrogen-bond acceptors (Lipinski definition) is 3. The standard InChI is InChI=1S/C18H30N2O/c1-4-12-19-17(15-10-7-6-9-14(15)5-2)16-11-8-13-20-18(16)21-3/h8,11,13-15,17,19H,4-7,9-10,12H2,1-3H3. The zero-order valence-electron chi connectivity index (χ0n) is 13.8. The van der Waals surface area contributed by atoms with Crippen LogP contribution >= 0.6 is 0 Å². The summed E-state index contributed by atoms with van der Waals surface area (Å²) in [7, 11) is 1.72. The molecule has 2 rings (SSSR count). The Balaban J connectivity index is 2.28. The van der Waals surface area contributed by atoms with Gasteiger partial charge in [0.25, 0.3) is 0 Å². The molecule has 1 aromatic rings. The van der Waals surface area contributed by atoms with Gasteiger partial charge in [-0.15, -0.1) is 0 Å². The number of rotatable bonds is 7. The largest absolute Gasteiger partial charge is 0.481 e. The van der Waals surface area contributed by atoms with Crippen LogP contribution in [-0.4, -0.2) is 18.6 Å². The van der Waals surface area contributed by atoms with Crippen molar-refractivity contribution in [2.75, 3.05) is 13.7 Å². The molecule has 1 saturated carbocycles. The number of nitrogens with zero attached hydrogens (tertiary/aromatic N) is 1. The molecule has 21 heavy (non-hydrogen) atoms. The highest BCUT2D eigenvalue weighted by atomic mass is 16.5. The van der Waals surface area contributed by atoms with Crippen molar-refractivity contribution in [3.8, 4) is 5.88 Å². The van der Waals surface area contributed by atoms with Gasteiger partial charge in [-0.3, -0.25) is 0 Å². The van der Waals surface area contributed by atoms with E-state index in [1.54, 1.807) is 7.11 Å². The molecule has 3 unspecified atom stereocenters. The average molecular weight is 290 g/mol. The Bertz CT molecular complexity index is 421. The van der Waals surface area contributed by atoms with Crippen LogP contribution < -0.4 is 10.1 Å². The molecule has 1 aliphatic carbocycles. The van der Waals surface area contributed by atoms with Gasteiger partial charge in [0.15, 0.2) is 0 Å². The van der Waals surface area contributed by atoms with Crippen molar-refractivity contribution in [1.82, 2.24) is 10.3 Å². The zero-order chi connectivity index (χ0) is 15.1. The molecule has 1 aromatic heterocycles. The van der Waals surface area contributed by atoms with Crippen molar-refractivity contribution in [3.05, 3.63) is 23.9 Å². The second kappa shape index (κ2) is 8.38. The highest BCUT2D eigenvalue weighted by Crippen LogP contribution is 2.42.